The number of halogens is 1. The van der Waals surface area contributed by atoms with Gasteiger partial charge in [0.15, 0.2) is 5.76 Å². The molecule has 0 radical (unpaired) electrons. The first-order valence-corrected chi connectivity index (χ1v) is 5.72. The molecule has 0 aliphatic heterocycles. The third-order valence-electron chi connectivity index (χ3n) is 1.97. The van der Waals surface area contributed by atoms with E-state index in [0.717, 1.165) is 11.1 Å². The van der Waals surface area contributed by atoms with Gasteiger partial charge in [-0.25, -0.2) is 0 Å². The van der Waals surface area contributed by atoms with E-state index < -0.39 is 0 Å². The highest BCUT2D eigenvalue weighted by Gasteiger charge is 2.16. The Bertz CT molecular complexity index is 309. The van der Waals surface area contributed by atoms with Crippen LogP contribution < -0.4 is 0 Å². The first-order chi connectivity index (χ1) is 6.69. The van der Waals surface area contributed by atoms with Gasteiger partial charge < -0.3 is 9.32 Å². The van der Waals surface area contributed by atoms with E-state index in [1.54, 1.807) is 17.0 Å². The van der Waals surface area contributed by atoms with Crippen molar-refractivity contribution in [1.82, 2.24) is 4.90 Å². The van der Waals surface area contributed by atoms with Gasteiger partial charge in [0, 0.05) is 18.4 Å². The highest BCUT2D eigenvalue weighted by atomic mass is 79.9. The standard InChI is InChI=1S/C10H14BrNO2/c1-3-12(7-6-11)10(13)9-5-4-8(2)14-9/h4-5H,3,6-7H2,1-2H3. The number of carbonyl (C=O) groups is 1. The molecule has 78 valence electrons. The normalized spacial score (nSPS) is 10.2. The van der Waals surface area contributed by atoms with E-state index in [1.807, 2.05) is 13.8 Å². The SMILES string of the molecule is CCN(CCBr)C(=O)c1ccc(C)o1. The van der Waals surface area contributed by atoms with Gasteiger partial charge in [-0.3, -0.25) is 4.79 Å². The molecule has 0 aliphatic rings. The number of alkyl halides is 1. The second-order valence-electron chi connectivity index (χ2n) is 2.98. The number of rotatable bonds is 4. The van der Waals surface area contributed by atoms with Crippen LogP contribution in [-0.2, 0) is 0 Å². The second-order valence-corrected chi connectivity index (χ2v) is 3.78. The highest BCUT2D eigenvalue weighted by molar-refractivity contribution is 9.09. The fourth-order valence-electron chi connectivity index (χ4n) is 1.21. The average Bonchev–Trinajstić information content (AvgIpc) is 2.60. The van der Waals surface area contributed by atoms with Crippen molar-refractivity contribution < 1.29 is 9.21 Å². The third kappa shape index (κ3) is 2.61. The molecule has 0 aliphatic carbocycles. The zero-order valence-electron chi connectivity index (χ0n) is 8.42. The summed E-state index contributed by atoms with van der Waals surface area (Å²) in [5, 5.41) is 0.784. The van der Waals surface area contributed by atoms with Gasteiger partial charge in [0.25, 0.3) is 5.91 Å². The number of furan rings is 1. The summed E-state index contributed by atoms with van der Waals surface area (Å²) in [7, 11) is 0. The van der Waals surface area contributed by atoms with Gasteiger partial charge in [0.05, 0.1) is 0 Å². The van der Waals surface area contributed by atoms with Gasteiger partial charge in [-0.15, -0.1) is 0 Å². The summed E-state index contributed by atoms with van der Waals surface area (Å²) in [4.78, 5) is 13.5. The molecule has 1 amide bonds. The molecule has 3 nitrogen and oxygen atoms in total. The maximum Gasteiger partial charge on any atom is 0.289 e. The monoisotopic (exact) mass is 259 g/mol. The number of hydrogen-bond donors (Lipinski definition) is 0. The van der Waals surface area contributed by atoms with E-state index in [-0.39, 0.29) is 5.91 Å². The number of hydrogen-bond acceptors (Lipinski definition) is 2. The Morgan fingerprint density at radius 1 is 1.57 bits per heavy atom. The summed E-state index contributed by atoms with van der Waals surface area (Å²) in [5.41, 5.74) is 0. The van der Waals surface area contributed by atoms with E-state index in [2.05, 4.69) is 15.9 Å². The third-order valence-corrected chi connectivity index (χ3v) is 2.33. The molecular weight excluding hydrogens is 246 g/mol. The van der Waals surface area contributed by atoms with Crippen molar-refractivity contribution in [2.24, 2.45) is 0 Å². The van der Waals surface area contributed by atoms with Gasteiger partial charge in [0.1, 0.15) is 5.76 Å². The summed E-state index contributed by atoms with van der Waals surface area (Å²) in [5.74, 6) is 1.15. The van der Waals surface area contributed by atoms with Crippen molar-refractivity contribution in [3.8, 4) is 0 Å². The van der Waals surface area contributed by atoms with Crippen molar-refractivity contribution in [1.29, 1.82) is 0 Å². The van der Waals surface area contributed by atoms with Crippen molar-refractivity contribution in [3.63, 3.8) is 0 Å². The van der Waals surface area contributed by atoms with Crippen LogP contribution in [0.3, 0.4) is 0 Å². The largest absolute Gasteiger partial charge is 0.456 e. The second kappa shape index (κ2) is 5.20. The van der Waals surface area contributed by atoms with E-state index in [4.69, 9.17) is 4.42 Å². The molecule has 0 spiro atoms. The minimum atomic E-state index is -0.0416. The fourth-order valence-corrected chi connectivity index (χ4v) is 1.64. The van der Waals surface area contributed by atoms with Crippen molar-refractivity contribution in [2.45, 2.75) is 13.8 Å². The van der Waals surface area contributed by atoms with Crippen LogP contribution in [0.2, 0.25) is 0 Å². The average molecular weight is 260 g/mol. The van der Waals surface area contributed by atoms with Crippen LogP contribution in [0.25, 0.3) is 0 Å². The molecule has 1 heterocycles. The lowest BCUT2D eigenvalue weighted by Crippen LogP contribution is -2.32. The Balaban J connectivity index is 2.72. The molecule has 1 aromatic rings. The maximum atomic E-state index is 11.8. The summed E-state index contributed by atoms with van der Waals surface area (Å²) < 4.78 is 5.27. The van der Waals surface area contributed by atoms with E-state index >= 15 is 0 Å². The van der Waals surface area contributed by atoms with Crippen LogP contribution >= 0.6 is 15.9 Å². The maximum absolute atomic E-state index is 11.8. The Labute approximate surface area is 92.2 Å². The van der Waals surface area contributed by atoms with Crippen LogP contribution in [0.5, 0.6) is 0 Å². The fraction of sp³-hybridized carbons (Fsp3) is 0.500. The van der Waals surface area contributed by atoms with Crippen LogP contribution in [0.1, 0.15) is 23.2 Å². The lowest BCUT2D eigenvalue weighted by Gasteiger charge is -2.17. The molecule has 0 saturated heterocycles. The quantitative estimate of drug-likeness (QED) is 0.779. The Morgan fingerprint density at radius 2 is 2.29 bits per heavy atom. The molecule has 0 unspecified atom stereocenters. The molecule has 0 bridgehead atoms. The van der Waals surface area contributed by atoms with Crippen LogP contribution in [0.15, 0.2) is 16.5 Å². The molecule has 0 fully saturated rings. The van der Waals surface area contributed by atoms with Gasteiger partial charge in [-0.2, -0.15) is 0 Å². The highest BCUT2D eigenvalue weighted by Crippen LogP contribution is 2.09. The van der Waals surface area contributed by atoms with Crippen molar-refractivity contribution in [2.75, 3.05) is 18.4 Å². The molecular formula is C10H14BrNO2. The summed E-state index contributed by atoms with van der Waals surface area (Å²) >= 11 is 3.31. The molecule has 1 aromatic heterocycles. The zero-order valence-corrected chi connectivity index (χ0v) is 10.0. The van der Waals surface area contributed by atoms with Gasteiger partial charge in [0.2, 0.25) is 0 Å². The smallest absolute Gasteiger partial charge is 0.289 e. The lowest BCUT2D eigenvalue weighted by molar-refractivity contribution is 0.0741. The predicted molar refractivity (Wildman–Crippen MR) is 58.8 cm³/mol. The summed E-state index contributed by atoms with van der Waals surface area (Å²) in [6.45, 7) is 5.19. The molecule has 1 rings (SSSR count). The van der Waals surface area contributed by atoms with Crippen molar-refractivity contribution >= 4 is 21.8 Å². The number of amides is 1. The first kappa shape index (κ1) is 11.3. The van der Waals surface area contributed by atoms with Crippen LogP contribution in [0, 0.1) is 6.92 Å². The molecule has 0 atom stereocenters. The minimum absolute atomic E-state index is 0.0416. The number of carbonyl (C=O) groups excluding carboxylic acids is 1. The Hall–Kier alpha value is -0.770. The van der Waals surface area contributed by atoms with Gasteiger partial charge in [-0.1, -0.05) is 15.9 Å². The van der Waals surface area contributed by atoms with E-state index in [0.29, 0.717) is 18.8 Å². The molecule has 0 aromatic carbocycles. The topological polar surface area (TPSA) is 33.5 Å². The zero-order chi connectivity index (χ0) is 10.6. The van der Waals surface area contributed by atoms with Crippen LogP contribution in [0.4, 0.5) is 0 Å². The molecule has 14 heavy (non-hydrogen) atoms. The minimum Gasteiger partial charge on any atom is -0.456 e. The van der Waals surface area contributed by atoms with Crippen molar-refractivity contribution in [3.05, 3.63) is 23.7 Å². The molecule has 0 saturated carbocycles. The van der Waals surface area contributed by atoms with Crippen LogP contribution in [-0.4, -0.2) is 29.2 Å². The summed E-state index contributed by atoms with van der Waals surface area (Å²) in [6.07, 6.45) is 0. The Kier molecular flexibility index (Phi) is 4.20. The summed E-state index contributed by atoms with van der Waals surface area (Å²) in [6, 6.07) is 3.52. The van der Waals surface area contributed by atoms with Gasteiger partial charge in [-0.05, 0) is 26.0 Å². The lowest BCUT2D eigenvalue weighted by atomic mass is 10.3. The first-order valence-electron chi connectivity index (χ1n) is 4.60. The number of nitrogens with zero attached hydrogens (tertiary/aromatic N) is 1. The molecule has 0 N–H and O–H groups in total. The van der Waals surface area contributed by atoms with Gasteiger partial charge >= 0.3 is 0 Å². The number of aryl methyl sites for hydroxylation is 1. The molecule has 4 heteroatoms. The van der Waals surface area contributed by atoms with E-state index in [1.165, 1.54) is 0 Å². The van der Waals surface area contributed by atoms with E-state index in [9.17, 15) is 4.79 Å². The Morgan fingerprint density at radius 3 is 2.71 bits per heavy atom. The predicted octanol–water partition coefficient (Wildman–Crippen LogP) is 2.45.